The lowest BCUT2D eigenvalue weighted by Crippen LogP contribution is -2.54. The smallest absolute Gasteiger partial charge is 0.134 e. The van der Waals surface area contributed by atoms with Crippen LogP contribution >= 0.6 is 0 Å². The zero-order chi connectivity index (χ0) is 16.4. The maximum absolute atomic E-state index is 6.09. The topological polar surface area (TPSA) is 28.9 Å². The molecular weight excluding hydrogens is 300 g/mol. The van der Waals surface area contributed by atoms with Crippen LogP contribution in [0.4, 0.5) is 0 Å². The molecule has 128 valence electrons. The number of piperazine rings is 1. The molecule has 4 nitrogen and oxygen atoms in total. The van der Waals surface area contributed by atoms with Crippen molar-refractivity contribution < 1.29 is 9.15 Å². The first-order valence-corrected chi connectivity index (χ1v) is 9.01. The molecule has 2 aromatic rings. The molecule has 4 heteroatoms. The van der Waals surface area contributed by atoms with Gasteiger partial charge in [-0.25, -0.2) is 0 Å². The number of nitrogens with zero attached hydrogens (tertiary/aromatic N) is 2. The van der Waals surface area contributed by atoms with Gasteiger partial charge in [0.05, 0.1) is 13.7 Å². The Hall–Kier alpha value is -1.78. The fraction of sp³-hybridized carbons (Fsp3) is 0.500. The van der Waals surface area contributed by atoms with Gasteiger partial charge < -0.3 is 9.15 Å². The molecule has 0 radical (unpaired) electrons. The largest absolute Gasteiger partial charge is 0.497 e. The summed E-state index contributed by atoms with van der Waals surface area (Å²) in [5, 5.41) is 0. The molecule has 2 aliphatic heterocycles. The van der Waals surface area contributed by atoms with Crippen LogP contribution in [-0.2, 0) is 6.54 Å². The van der Waals surface area contributed by atoms with E-state index in [-0.39, 0.29) is 0 Å². The second-order valence-electron chi connectivity index (χ2n) is 6.92. The van der Waals surface area contributed by atoms with Gasteiger partial charge in [0.2, 0.25) is 0 Å². The van der Waals surface area contributed by atoms with Gasteiger partial charge in [0.15, 0.2) is 0 Å². The van der Waals surface area contributed by atoms with E-state index in [1.54, 1.807) is 7.11 Å². The highest BCUT2D eigenvalue weighted by Crippen LogP contribution is 2.26. The monoisotopic (exact) mass is 326 g/mol. The number of fused-ring (bicyclic) bond motifs is 1. The number of furan rings is 1. The van der Waals surface area contributed by atoms with Crippen LogP contribution in [-0.4, -0.2) is 49.1 Å². The standard InChI is InChI=1S/C20H26N2O2/c1-23-18-7-5-16(6-8-18)20-10-9-19(24-20)15-21-12-13-22-11-3-2-4-17(22)14-21/h5-10,17H,2-4,11-15H2,1H3/t17-/m0/s1. The van der Waals surface area contributed by atoms with Gasteiger partial charge in [-0.3, -0.25) is 9.80 Å². The minimum absolute atomic E-state index is 0.753. The number of ether oxygens (including phenoxy) is 1. The summed E-state index contributed by atoms with van der Waals surface area (Å²) in [6.45, 7) is 5.74. The number of rotatable bonds is 4. The molecule has 1 aromatic carbocycles. The lowest BCUT2D eigenvalue weighted by molar-refractivity contribution is 0.0427. The third-order valence-electron chi connectivity index (χ3n) is 5.34. The van der Waals surface area contributed by atoms with E-state index in [9.17, 15) is 0 Å². The van der Waals surface area contributed by atoms with Crippen molar-refractivity contribution in [2.24, 2.45) is 0 Å². The van der Waals surface area contributed by atoms with Gasteiger partial charge in [0.25, 0.3) is 0 Å². The number of piperidine rings is 1. The second kappa shape index (κ2) is 6.99. The van der Waals surface area contributed by atoms with Crippen molar-refractivity contribution in [2.75, 3.05) is 33.3 Å². The van der Waals surface area contributed by atoms with Crippen molar-refractivity contribution in [2.45, 2.75) is 31.8 Å². The predicted molar refractivity (Wildman–Crippen MR) is 95.2 cm³/mol. The molecule has 0 unspecified atom stereocenters. The number of methoxy groups -OCH3 is 1. The molecule has 24 heavy (non-hydrogen) atoms. The molecule has 2 fully saturated rings. The summed E-state index contributed by atoms with van der Waals surface area (Å²) < 4.78 is 11.3. The summed E-state index contributed by atoms with van der Waals surface area (Å²) in [6, 6.07) is 13.0. The van der Waals surface area contributed by atoms with Crippen LogP contribution in [0.1, 0.15) is 25.0 Å². The van der Waals surface area contributed by atoms with Crippen LogP contribution in [0.15, 0.2) is 40.8 Å². The van der Waals surface area contributed by atoms with Crippen molar-refractivity contribution >= 4 is 0 Å². The van der Waals surface area contributed by atoms with Gasteiger partial charge in [-0.1, -0.05) is 6.42 Å². The molecule has 0 spiro atoms. The molecule has 2 aliphatic rings. The third-order valence-corrected chi connectivity index (χ3v) is 5.34. The maximum atomic E-state index is 6.09. The van der Waals surface area contributed by atoms with Crippen LogP contribution in [0.3, 0.4) is 0 Å². The van der Waals surface area contributed by atoms with E-state index >= 15 is 0 Å². The molecule has 0 bridgehead atoms. The molecule has 2 saturated heterocycles. The van der Waals surface area contributed by atoms with Crippen molar-refractivity contribution in [3.8, 4) is 17.1 Å². The lowest BCUT2D eigenvalue weighted by Gasteiger charge is -2.43. The van der Waals surface area contributed by atoms with E-state index < -0.39 is 0 Å². The quantitative estimate of drug-likeness (QED) is 0.858. The van der Waals surface area contributed by atoms with E-state index in [1.165, 1.54) is 38.9 Å². The van der Waals surface area contributed by atoms with Crippen molar-refractivity contribution in [1.29, 1.82) is 0 Å². The number of hydrogen-bond donors (Lipinski definition) is 0. The third kappa shape index (κ3) is 3.35. The van der Waals surface area contributed by atoms with E-state index in [0.717, 1.165) is 42.0 Å². The number of hydrogen-bond acceptors (Lipinski definition) is 4. The molecule has 1 aromatic heterocycles. The Bertz CT molecular complexity index is 665. The van der Waals surface area contributed by atoms with Crippen LogP contribution in [0.25, 0.3) is 11.3 Å². The summed E-state index contributed by atoms with van der Waals surface area (Å²) in [6.07, 6.45) is 4.11. The fourth-order valence-electron chi connectivity index (χ4n) is 3.96. The molecule has 0 amide bonds. The zero-order valence-electron chi connectivity index (χ0n) is 14.4. The summed E-state index contributed by atoms with van der Waals surface area (Å²) in [7, 11) is 1.69. The van der Waals surface area contributed by atoms with Crippen molar-refractivity contribution in [3.63, 3.8) is 0 Å². The Labute approximate surface area is 144 Å². The summed E-state index contributed by atoms with van der Waals surface area (Å²) in [4.78, 5) is 5.22. The Morgan fingerprint density at radius 2 is 1.92 bits per heavy atom. The Kier molecular flexibility index (Phi) is 4.58. The van der Waals surface area contributed by atoms with E-state index in [0.29, 0.717) is 0 Å². The minimum atomic E-state index is 0.753. The molecule has 0 aliphatic carbocycles. The summed E-state index contributed by atoms with van der Waals surface area (Å²) in [5.41, 5.74) is 1.10. The van der Waals surface area contributed by atoms with Crippen LogP contribution in [0, 0.1) is 0 Å². The van der Waals surface area contributed by atoms with Gasteiger partial charge in [-0.2, -0.15) is 0 Å². The Morgan fingerprint density at radius 1 is 1.04 bits per heavy atom. The highest BCUT2D eigenvalue weighted by atomic mass is 16.5. The average molecular weight is 326 g/mol. The van der Waals surface area contributed by atoms with Crippen LogP contribution in [0.2, 0.25) is 0 Å². The van der Waals surface area contributed by atoms with Gasteiger partial charge in [0, 0.05) is 31.2 Å². The first-order valence-electron chi connectivity index (χ1n) is 9.01. The van der Waals surface area contributed by atoms with E-state index in [4.69, 9.17) is 9.15 Å². The van der Waals surface area contributed by atoms with Crippen LogP contribution < -0.4 is 4.74 Å². The van der Waals surface area contributed by atoms with Gasteiger partial charge in [0.1, 0.15) is 17.3 Å². The highest BCUT2D eigenvalue weighted by Gasteiger charge is 2.29. The molecule has 0 N–H and O–H groups in total. The van der Waals surface area contributed by atoms with Crippen molar-refractivity contribution in [1.82, 2.24) is 9.80 Å². The van der Waals surface area contributed by atoms with Gasteiger partial charge in [-0.05, 0) is 55.8 Å². The van der Waals surface area contributed by atoms with Crippen LogP contribution in [0.5, 0.6) is 5.75 Å². The Morgan fingerprint density at radius 3 is 2.75 bits per heavy atom. The molecule has 4 rings (SSSR count). The van der Waals surface area contributed by atoms with E-state index in [2.05, 4.69) is 21.9 Å². The summed E-state index contributed by atoms with van der Waals surface area (Å²) >= 11 is 0. The van der Waals surface area contributed by atoms with E-state index in [1.807, 2.05) is 24.3 Å². The second-order valence-corrected chi connectivity index (χ2v) is 6.92. The van der Waals surface area contributed by atoms with Gasteiger partial charge in [-0.15, -0.1) is 0 Å². The average Bonchev–Trinajstić information content (AvgIpc) is 3.10. The lowest BCUT2D eigenvalue weighted by atomic mass is 9.99. The molecule has 1 atom stereocenters. The normalized spacial score (nSPS) is 22.3. The molecule has 3 heterocycles. The van der Waals surface area contributed by atoms with Gasteiger partial charge >= 0.3 is 0 Å². The number of benzene rings is 1. The molecular formula is C20H26N2O2. The predicted octanol–water partition coefficient (Wildman–Crippen LogP) is 3.63. The minimum Gasteiger partial charge on any atom is -0.497 e. The molecule has 0 saturated carbocycles. The highest BCUT2D eigenvalue weighted by molar-refractivity contribution is 5.58. The SMILES string of the molecule is COc1ccc(-c2ccc(CN3CCN4CCCC[C@H]4C3)o2)cc1. The maximum Gasteiger partial charge on any atom is 0.134 e. The first-order chi connectivity index (χ1) is 11.8. The fourth-order valence-corrected chi connectivity index (χ4v) is 3.96. The summed E-state index contributed by atoms with van der Waals surface area (Å²) in [5.74, 6) is 2.87. The first kappa shape index (κ1) is 15.7. The Balaban J connectivity index is 1.39. The van der Waals surface area contributed by atoms with Crippen molar-refractivity contribution in [3.05, 3.63) is 42.2 Å². The zero-order valence-corrected chi connectivity index (χ0v) is 14.4.